The number of rotatable bonds is 7. The van der Waals surface area contributed by atoms with Crippen molar-refractivity contribution in [2.75, 3.05) is 33.0 Å². The highest BCUT2D eigenvalue weighted by Crippen LogP contribution is 2.31. The third kappa shape index (κ3) is 6.97. The molecule has 2 rings (SSSR count). The zero-order chi connectivity index (χ0) is 17.5. The second-order valence-electron chi connectivity index (χ2n) is 6.04. The van der Waals surface area contributed by atoms with Gasteiger partial charge in [-0.1, -0.05) is 20.1 Å². The molecular formula is C17H26O6. The first kappa shape index (κ1) is 19.4. The van der Waals surface area contributed by atoms with Crippen molar-refractivity contribution in [2.24, 2.45) is 5.41 Å². The van der Waals surface area contributed by atoms with Crippen LogP contribution in [0.1, 0.15) is 27.2 Å². The van der Waals surface area contributed by atoms with E-state index in [4.69, 9.17) is 18.9 Å². The highest BCUT2D eigenvalue weighted by Gasteiger charge is 2.38. The van der Waals surface area contributed by atoms with Crippen LogP contribution in [0.5, 0.6) is 0 Å². The minimum Gasteiger partial charge on any atom is -0.462 e. The van der Waals surface area contributed by atoms with E-state index in [1.165, 1.54) is 0 Å². The number of hydrogen-bond donors (Lipinski definition) is 0. The Morgan fingerprint density at radius 2 is 1.65 bits per heavy atom. The second kappa shape index (κ2) is 8.84. The summed E-state index contributed by atoms with van der Waals surface area (Å²) in [4.78, 5) is 21.8. The van der Waals surface area contributed by atoms with E-state index in [1.807, 2.05) is 0 Å². The van der Waals surface area contributed by atoms with Gasteiger partial charge in [-0.25, -0.2) is 9.59 Å². The molecule has 1 atom stereocenters. The van der Waals surface area contributed by atoms with Crippen LogP contribution in [0.3, 0.4) is 0 Å². The van der Waals surface area contributed by atoms with Gasteiger partial charge in [-0.15, -0.1) is 0 Å². The van der Waals surface area contributed by atoms with E-state index in [-0.39, 0.29) is 23.5 Å². The summed E-state index contributed by atoms with van der Waals surface area (Å²) in [6.07, 6.45) is 1.12. The van der Waals surface area contributed by atoms with Gasteiger partial charge in [0, 0.05) is 11.1 Å². The topological polar surface area (TPSA) is 74.4 Å². The molecule has 2 aliphatic heterocycles. The number of esters is 2. The van der Waals surface area contributed by atoms with Crippen molar-refractivity contribution in [3.63, 3.8) is 0 Å². The van der Waals surface area contributed by atoms with Crippen LogP contribution >= 0.6 is 0 Å². The van der Waals surface area contributed by atoms with Crippen LogP contribution in [0.2, 0.25) is 0 Å². The molecule has 2 aliphatic rings. The lowest BCUT2D eigenvalue weighted by Gasteiger charge is -2.39. The Balaban J connectivity index is 0.000000238. The van der Waals surface area contributed by atoms with Gasteiger partial charge in [0.15, 0.2) is 0 Å². The van der Waals surface area contributed by atoms with Crippen molar-refractivity contribution in [2.45, 2.75) is 33.3 Å². The molecule has 130 valence electrons. The second-order valence-corrected chi connectivity index (χ2v) is 6.04. The van der Waals surface area contributed by atoms with E-state index in [9.17, 15) is 9.59 Å². The number of epoxide rings is 1. The fourth-order valence-electron chi connectivity index (χ4n) is 1.58. The third-order valence-corrected chi connectivity index (χ3v) is 3.58. The molecule has 1 unspecified atom stereocenters. The fraction of sp³-hybridized carbons (Fsp3) is 0.647. The molecule has 0 saturated carbocycles. The number of ether oxygens (including phenoxy) is 4. The first-order valence-electron chi connectivity index (χ1n) is 7.64. The maximum Gasteiger partial charge on any atom is 0.333 e. The van der Waals surface area contributed by atoms with Crippen LogP contribution in [0.4, 0.5) is 0 Å². The monoisotopic (exact) mass is 326 g/mol. The largest absolute Gasteiger partial charge is 0.462 e. The SMILES string of the molecule is C=C(C)C(=O)OCC1(CC)COC1.C=C(C)C(=O)OCC1CO1. The molecule has 0 bridgehead atoms. The smallest absolute Gasteiger partial charge is 0.333 e. The Kier molecular flexibility index (Phi) is 7.45. The predicted octanol–water partition coefficient (Wildman–Crippen LogP) is 2.04. The van der Waals surface area contributed by atoms with Gasteiger partial charge in [0.25, 0.3) is 0 Å². The summed E-state index contributed by atoms with van der Waals surface area (Å²) in [5.41, 5.74) is 0.956. The van der Waals surface area contributed by atoms with Crippen molar-refractivity contribution >= 4 is 11.9 Å². The summed E-state index contributed by atoms with van der Waals surface area (Å²) in [5.74, 6) is -0.643. The summed E-state index contributed by atoms with van der Waals surface area (Å²) in [6.45, 7) is 15.2. The van der Waals surface area contributed by atoms with Crippen LogP contribution < -0.4 is 0 Å². The highest BCUT2D eigenvalue weighted by molar-refractivity contribution is 5.87. The molecule has 0 spiro atoms. The molecule has 0 aliphatic carbocycles. The lowest BCUT2D eigenvalue weighted by molar-refractivity contribution is -0.167. The summed E-state index contributed by atoms with van der Waals surface area (Å²) in [5, 5.41) is 0. The molecule has 23 heavy (non-hydrogen) atoms. The zero-order valence-electron chi connectivity index (χ0n) is 14.2. The van der Waals surface area contributed by atoms with Crippen LogP contribution in [0.25, 0.3) is 0 Å². The van der Waals surface area contributed by atoms with E-state index in [1.54, 1.807) is 13.8 Å². The van der Waals surface area contributed by atoms with Crippen LogP contribution in [-0.2, 0) is 28.5 Å². The van der Waals surface area contributed by atoms with Crippen molar-refractivity contribution in [3.05, 3.63) is 24.3 Å². The maximum absolute atomic E-state index is 11.1. The average Bonchev–Trinajstić information content (AvgIpc) is 3.28. The van der Waals surface area contributed by atoms with E-state index < -0.39 is 0 Å². The Morgan fingerprint density at radius 3 is 2.00 bits per heavy atom. The van der Waals surface area contributed by atoms with E-state index >= 15 is 0 Å². The Labute approximate surface area is 137 Å². The first-order valence-corrected chi connectivity index (χ1v) is 7.64. The molecule has 0 amide bonds. The molecule has 0 aromatic rings. The van der Waals surface area contributed by atoms with Crippen molar-refractivity contribution in [1.82, 2.24) is 0 Å². The first-order chi connectivity index (χ1) is 10.8. The quantitative estimate of drug-likeness (QED) is 0.405. The lowest BCUT2D eigenvalue weighted by Crippen LogP contribution is -2.46. The van der Waals surface area contributed by atoms with Crippen molar-refractivity contribution < 1.29 is 28.5 Å². The zero-order valence-corrected chi connectivity index (χ0v) is 14.2. The Bertz CT molecular complexity index is 454. The van der Waals surface area contributed by atoms with Crippen LogP contribution in [0, 0.1) is 5.41 Å². The van der Waals surface area contributed by atoms with Crippen molar-refractivity contribution in [1.29, 1.82) is 0 Å². The van der Waals surface area contributed by atoms with Gasteiger partial charge in [-0.2, -0.15) is 0 Å². The molecule has 0 radical (unpaired) electrons. The third-order valence-electron chi connectivity index (χ3n) is 3.58. The summed E-state index contributed by atoms with van der Waals surface area (Å²) < 4.78 is 19.8. The van der Waals surface area contributed by atoms with Gasteiger partial charge in [-0.05, 0) is 20.3 Å². The summed E-state index contributed by atoms with van der Waals surface area (Å²) >= 11 is 0. The van der Waals surface area contributed by atoms with Gasteiger partial charge in [0.05, 0.1) is 25.2 Å². The molecule has 2 saturated heterocycles. The Hall–Kier alpha value is -1.66. The maximum atomic E-state index is 11.1. The van der Waals surface area contributed by atoms with E-state index in [2.05, 4.69) is 20.1 Å². The van der Waals surface area contributed by atoms with Gasteiger partial charge >= 0.3 is 11.9 Å². The molecule has 2 heterocycles. The van der Waals surface area contributed by atoms with E-state index in [0.29, 0.717) is 44.2 Å². The number of carbonyl (C=O) groups excluding carboxylic acids is 2. The standard InChI is InChI=1S/C10H16O3.C7H10O3/c1-4-10(5-12-6-10)7-13-9(11)8(2)3;1-5(2)7(8)10-4-6-3-9-6/h2,4-7H2,1,3H3;6H,1,3-4H2,2H3. The normalized spacial score (nSPS) is 20.2. The van der Waals surface area contributed by atoms with Crippen LogP contribution in [-0.4, -0.2) is 51.1 Å². The van der Waals surface area contributed by atoms with Gasteiger partial charge in [-0.3, -0.25) is 0 Å². The van der Waals surface area contributed by atoms with E-state index in [0.717, 1.165) is 6.42 Å². The molecule has 0 aromatic carbocycles. The molecule has 0 aromatic heterocycles. The molecule has 2 fully saturated rings. The lowest BCUT2D eigenvalue weighted by atomic mass is 9.84. The molecular weight excluding hydrogens is 300 g/mol. The predicted molar refractivity (Wildman–Crippen MR) is 84.8 cm³/mol. The fourth-order valence-corrected chi connectivity index (χ4v) is 1.58. The number of hydrogen-bond acceptors (Lipinski definition) is 6. The molecule has 0 N–H and O–H groups in total. The van der Waals surface area contributed by atoms with Gasteiger partial charge in [0.1, 0.15) is 19.3 Å². The minimum atomic E-state index is -0.337. The number of carbonyl (C=O) groups is 2. The Morgan fingerprint density at radius 1 is 1.13 bits per heavy atom. The average molecular weight is 326 g/mol. The highest BCUT2D eigenvalue weighted by atomic mass is 16.6. The summed E-state index contributed by atoms with van der Waals surface area (Å²) in [7, 11) is 0. The minimum absolute atomic E-state index is 0.0745. The summed E-state index contributed by atoms with van der Waals surface area (Å²) in [6, 6.07) is 0. The van der Waals surface area contributed by atoms with Gasteiger partial charge in [0.2, 0.25) is 0 Å². The molecule has 6 nitrogen and oxygen atoms in total. The molecule has 6 heteroatoms. The van der Waals surface area contributed by atoms with Crippen LogP contribution in [0.15, 0.2) is 24.3 Å². The van der Waals surface area contributed by atoms with Gasteiger partial charge < -0.3 is 18.9 Å². The van der Waals surface area contributed by atoms with Crippen molar-refractivity contribution in [3.8, 4) is 0 Å².